The quantitative estimate of drug-likeness (QED) is 0.376. The lowest BCUT2D eigenvalue weighted by Crippen LogP contribution is -2.32. The van der Waals surface area contributed by atoms with Crippen molar-refractivity contribution in [2.24, 2.45) is 0 Å². The number of ketones is 1. The number of carbonyl (C=O) groups excluding carboxylic acids is 2. The summed E-state index contributed by atoms with van der Waals surface area (Å²) in [6, 6.07) is 13.2. The minimum Gasteiger partial charge on any atom is -0.507 e. The number of methoxy groups -OCH3 is 1. The highest BCUT2D eigenvalue weighted by Crippen LogP contribution is 2.40. The number of hydrogen-bond acceptors (Lipinski definition) is 6. The second kappa shape index (κ2) is 10.1. The molecule has 0 aromatic heterocycles. The van der Waals surface area contributed by atoms with Crippen LogP contribution in [0.15, 0.2) is 54.1 Å². The monoisotopic (exact) mass is 425 g/mol. The zero-order valence-corrected chi connectivity index (χ0v) is 18.0. The molecule has 7 heteroatoms. The fourth-order valence-corrected chi connectivity index (χ4v) is 3.62. The van der Waals surface area contributed by atoms with Crippen molar-refractivity contribution in [1.29, 1.82) is 0 Å². The molecule has 1 atom stereocenters. The molecule has 1 saturated heterocycles. The average Bonchev–Trinajstić information content (AvgIpc) is 3.03. The van der Waals surface area contributed by atoms with Crippen molar-refractivity contribution in [3.05, 3.63) is 65.2 Å². The minimum atomic E-state index is -0.748. The Morgan fingerprint density at radius 1 is 1.00 bits per heavy atom. The van der Waals surface area contributed by atoms with E-state index in [0.29, 0.717) is 35.8 Å². The van der Waals surface area contributed by atoms with Gasteiger partial charge < -0.3 is 24.2 Å². The van der Waals surface area contributed by atoms with Crippen molar-refractivity contribution >= 4 is 17.4 Å². The first-order valence-electron chi connectivity index (χ1n) is 10.2. The molecule has 0 aliphatic carbocycles. The van der Waals surface area contributed by atoms with E-state index in [-0.39, 0.29) is 24.5 Å². The molecule has 3 rings (SSSR count). The molecule has 1 aliphatic rings. The fourth-order valence-electron chi connectivity index (χ4n) is 3.62. The minimum absolute atomic E-state index is 0.0407. The van der Waals surface area contributed by atoms with Gasteiger partial charge in [-0.3, -0.25) is 9.59 Å². The Labute approximate surface area is 181 Å². The van der Waals surface area contributed by atoms with Crippen LogP contribution in [0.1, 0.15) is 31.0 Å². The van der Waals surface area contributed by atoms with Crippen LogP contribution >= 0.6 is 0 Å². The smallest absolute Gasteiger partial charge is 0.295 e. The topological polar surface area (TPSA) is 85.3 Å². The van der Waals surface area contributed by atoms with Crippen LogP contribution in [0.3, 0.4) is 0 Å². The summed E-state index contributed by atoms with van der Waals surface area (Å²) in [6.07, 6.45) is 0. The Bertz CT molecular complexity index is 966. The van der Waals surface area contributed by atoms with E-state index in [9.17, 15) is 14.7 Å². The van der Waals surface area contributed by atoms with E-state index >= 15 is 0 Å². The molecule has 1 N–H and O–H groups in total. The Balaban J connectivity index is 2.10. The molecule has 0 spiro atoms. The van der Waals surface area contributed by atoms with Gasteiger partial charge in [0.05, 0.1) is 31.4 Å². The summed E-state index contributed by atoms with van der Waals surface area (Å²) in [7, 11) is 1.53. The molecular formula is C24H27NO6. The van der Waals surface area contributed by atoms with E-state index in [1.807, 2.05) is 19.9 Å². The van der Waals surface area contributed by atoms with Crippen LogP contribution in [0.4, 0.5) is 0 Å². The first kappa shape index (κ1) is 22.4. The second-order valence-electron chi connectivity index (χ2n) is 6.95. The van der Waals surface area contributed by atoms with Gasteiger partial charge in [0.25, 0.3) is 11.7 Å². The molecule has 0 radical (unpaired) electrons. The highest BCUT2D eigenvalue weighted by atomic mass is 16.5. The lowest BCUT2D eigenvalue weighted by Gasteiger charge is -2.25. The highest BCUT2D eigenvalue weighted by molar-refractivity contribution is 6.46. The van der Waals surface area contributed by atoms with Gasteiger partial charge in [-0.25, -0.2) is 0 Å². The molecule has 0 saturated carbocycles. The van der Waals surface area contributed by atoms with Gasteiger partial charge in [0.2, 0.25) is 0 Å². The van der Waals surface area contributed by atoms with E-state index in [2.05, 4.69) is 0 Å². The van der Waals surface area contributed by atoms with Crippen LogP contribution in [0.25, 0.3) is 5.76 Å². The number of benzene rings is 2. The maximum absolute atomic E-state index is 13.0. The van der Waals surface area contributed by atoms with E-state index in [4.69, 9.17) is 14.2 Å². The number of Topliss-reactive ketones (excluding diaryl/α,β-unsaturated/α-hetero) is 1. The summed E-state index contributed by atoms with van der Waals surface area (Å²) in [6.45, 7) is 5.24. The summed E-state index contributed by atoms with van der Waals surface area (Å²) in [4.78, 5) is 27.2. The normalized spacial score (nSPS) is 17.8. The second-order valence-corrected chi connectivity index (χ2v) is 6.95. The summed E-state index contributed by atoms with van der Waals surface area (Å²) >= 11 is 0. The van der Waals surface area contributed by atoms with E-state index < -0.39 is 17.7 Å². The number of likely N-dealkylation sites (tertiary alicyclic amines) is 1. The Hall–Kier alpha value is -3.32. The van der Waals surface area contributed by atoms with Crippen LogP contribution < -0.4 is 9.47 Å². The van der Waals surface area contributed by atoms with Gasteiger partial charge >= 0.3 is 0 Å². The zero-order chi connectivity index (χ0) is 22.4. The number of aliphatic hydroxyl groups excluding tert-OH is 1. The van der Waals surface area contributed by atoms with Gasteiger partial charge in [0.15, 0.2) is 0 Å². The Morgan fingerprint density at radius 2 is 1.68 bits per heavy atom. The standard InChI is InChI=1S/C24H27NO6/c1-4-30-18-11-9-16(10-12-18)22(26)20-21(17-7-6-8-19(15-17)31-5-2)25(13-14-29-3)24(28)23(20)27/h6-12,15,21,26H,4-5,13-14H2,1-3H3. The number of hydrogen-bond donors (Lipinski definition) is 1. The molecule has 2 aromatic rings. The maximum atomic E-state index is 13.0. The zero-order valence-electron chi connectivity index (χ0n) is 18.0. The molecule has 164 valence electrons. The number of nitrogens with zero attached hydrogens (tertiary/aromatic N) is 1. The molecule has 1 amide bonds. The molecule has 7 nitrogen and oxygen atoms in total. The van der Waals surface area contributed by atoms with Gasteiger partial charge in [0.1, 0.15) is 17.3 Å². The van der Waals surface area contributed by atoms with Gasteiger partial charge in [-0.15, -0.1) is 0 Å². The summed E-state index contributed by atoms with van der Waals surface area (Å²) in [5, 5.41) is 11.1. The summed E-state index contributed by atoms with van der Waals surface area (Å²) < 4.78 is 16.2. The van der Waals surface area contributed by atoms with Crippen LogP contribution in [-0.4, -0.2) is 55.2 Å². The number of rotatable bonds is 9. The maximum Gasteiger partial charge on any atom is 0.295 e. The lowest BCUT2D eigenvalue weighted by molar-refractivity contribution is -0.140. The van der Waals surface area contributed by atoms with E-state index in [1.165, 1.54) is 12.0 Å². The first-order valence-corrected chi connectivity index (χ1v) is 10.2. The molecule has 2 aromatic carbocycles. The van der Waals surface area contributed by atoms with Gasteiger partial charge in [-0.1, -0.05) is 12.1 Å². The van der Waals surface area contributed by atoms with Crippen molar-refractivity contribution in [1.82, 2.24) is 4.90 Å². The molecule has 0 bridgehead atoms. The average molecular weight is 425 g/mol. The third kappa shape index (κ3) is 4.72. The third-order valence-electron chi connectivity index (χ3n) is 5.00. The van der Waals surface area contributed by atoms with Crippen molar-refractivity contribution < 1.29 is 28.9 Å². The number of carbonyl (C=O) groups is 2. The molecule has 1 fully saturated rings. The van der Waals surface area contributed by atoms with Crippen molar-refractivity contribution in [2.75, 3.05) is 33.5 Å². The molecular weight excluding hydrogens is 398 g/mol. The fraction of sp³-hybridized carbons (Fsp3) is 0.333. The van der Waals surface area contributed by atoms with Crippen LogP contribution in [0.2, 0.25) is 0 Å². The van der Waals surface area contributed by atoms with Crippen molar-refractivity contribution in [3.8, 4) is 11.5 Å². The van der Waals surface area contributed by atoms with Gasteiger partial charge in [-0.05, 0) is 55.8 Å². The predicted octanol–water partition coefficient (Wildman–Crippen LogP) is 3.55. The highest BCUT2D eigenvalue weighted by Gasteiger charge is 2.46. The molecule has 31 heavy (non-hydrogen) atoms. The van der Waals surface area contributed by atoms with Crippen LogP contribution in [-0.2, 0) is 14.3 Å². The van der Waals surface area contributed by atoms with Gasteiger partial charge in [0, 0.05) is 19.2 Å². The van der Waals surface area contributed by atoms with E-state index in [0.717, 1.165) is 0 Å². The molecule has 1 aliphatic heterocycles. The van der Waals surface area contributed by atoms with Crippen LogP contribution in [0, 0.1) is 0 Å². The van der Waals surface area contributed by atoms with Crippen molar-refractivity contribution in [3.63, 3.8) is 0 Å². The number of ether oxygens (including phenoxy) is 3. The summed E-state index contributed by atoms with van der Waals surface area (Å²) in [5.74, 6) is -0.349. The van der Waals surface area contributed by atoms with Crippen molar-refractivity contribution in [2.45, 2.75) is 19.9 Å². The molecule has 1 unspecified atom stereocenters. The Kier molecular flexibility index (Phi) is 7.31. The predicted molar refractivity (Wildman–Crippen MR) is 116 cm³/mol. The first-order chi connectivity index (χ1) is 15.0. The number of amides is 1. The Morgan fingerprint density at radius 3 is 2.32 bits per heavy atom. The third-order valence-corrected chi connectivity index (χ3v) is 5.00. The number of aliphatic hydroxyl groups is 1. The molecule has 1 heterocycles. The SMILES string of the molecule is CCOc1ccc(C(O)=C2C(=O)C(=O)N(CCOC)C2c2cccc(OCC)c2)cc1. The largest absolute Gasteiger partial charge is 0.507 e. The lowest BCUT2D eigenvalue weighted by atomic mass is 9.95. The van der Waals surface area contributed by atoms with Gasteiger partial charge in [-0.2, -0.15) is 0 Å². The summed E-state index contributed by atoms with van der Waals surface area (Å²) in [5.41, 5.74) is 1.15. The van der Waals surface area contributed by atoms with Crippen LogP contribution in [0.5, 0.6) is 11.5 Å². The van der Waals surface area contributed by atoms with E-state index in [1.54, 1.807) is 42.5 Å².